The second kappa shape index (κ2) is 12.7. The van der Waals surface area contributed by atoms with Crippen LogP contribution in [0.4, 0.5) is 10.5 Å². The third kappa shape index (κ3) is 7.23. The van der Waals surface area contributed by atoms with Gasteiger partial charge in [-0.05, 0) is 37.5 Å². The van der Waals surface area contributed by atoms with E-state index < -0.39 is 0 Å². The number of aliphatic imine (C=N–C) groups is 1. The van der Waals surface area contributed by atoms with Crippen molar-refractivity contribution < 1.29 is 19.1 Å². The molecule has 1 aromatic rings. The topological polar surface area (TPSA) is 95.5 Å². The number of nitrogens with one attached hydrogen (secondary N) is 2. The molecule has 2 aliphatic heterocycles. The van der Waals surface area contributed by atoms with E-state index in [0.717, 1.165) is 30.1 Å². The Morgan fingerprint density at radius 2 is 1.97 bits per heavy atom. The van der Waals surface area contributed by atoms with E-state index in [0.29, 0.717) is 45.9 Å². The molecule has 0 aromatic heterocycles. The van der Waals surface area contributed by atoms with Gasteiger partial charge in [0.05, 0.1) is 6.61 Å². The number of hydrogen-bond donors (Lipinski definition) is 2. The molecule has 0 spiro atoms. The van der Waals surface area contributed by atoms with Gasteiger partial charge in [-0.25, -0.2) is 4.79 Å². The molecule has 10 heteroatoms. The van der Waals surface area contributed by atoms with Crippen molar-refractivity contribution in [3.63, 3.8) is 0 Å². The summed E-state index contributed by atoms with van der Waals surface area (Å²) in [7, 11) is 1.75. The minimum atomic E-state index is -0.348. The molecule has 0 aliphatic carbocycles. The van der Waals surface area contributed by atoms with Crippen LogP contribution in [-0.4, -0.2) is 80.3 Å². The Balaban J connectivity index is 0.00000341. The van der Waals surface area contributed by atoms with E-state index >= 15 is 0 Å². The maximum atomic E-state index is 12.2. The average molecular weight is 545 g/mol. The predicted octanol–water partition coefficient (Wildman–Crippen LogP) is 2.27. The summed E-state index contributed by atoms with van der Waals surface area (Å²) in [5.74, 6) is 0.695. The van der Waals surface area contributed by atoms with Gasteiger partial charge in [0.1, 0.15) is 6.10 Å². The van der Waals surface area contributed by atoms with Gasteiger partial charge in [-0.2, -0.15) is 0 Å². The Labute approximate surface area is 200 Å². The number of guanidine groups is 1. The standard InChI is InChI=1S/C21H31N5O4.HI/c1-3-29-21(28)26-11-9-25(10-12-26)20(22-2)23-15-16-6-4-7-17(14-16)24-19(27)18-8-5-13-30-18;/h4,6-7,14,18H,3,5,8-13,15H2,1-2H3,(H,22,23)(H,24,27);1H. The Morgan fingerprint density at radius 1 is 1.23 bits per heavy atom. The number of ether oxygens (including phenoxy) is 2. The van der Waals surface area contributed by atoms with Gasteiger partial charge in [-0.15, -0.1) is 24.0 Å². The van der Waals surface area contributed by atoms with Crippen molar-refractivity contribution in [3.8, 4) is 0 Å². The SMILES string of the molecule is CCOC(=O)N1CCN(C(=NC)NCc2cccc(NC(=O)C3CCCO3)c2)CC1.I. The molecule has 2 saturated heterocycles. The number of amides is 2. The first-order valence-corrected chi connectivity index (χ1v) is 10.5. The van der Waals surface area contributed by atoms with Crippen molar-refractivity contribution in [2.45, 2.75) is 32.4 Å². The third-order valence-corrected chi connectivity index (χ3v) is 5.18. The number of piperazine rings is 1. The van der Waals surface area contributed by atoms with Crippen LogP contribution in [0.1, 0.15) is 25.3 Å². The first-order valence-electron chi connectivity index (χ1n) is 10.5. The molecule has 0 radical (unpaired) electrons. The van der Waals surface area contributed by atoms with Crippen molar-refractivity contribution in [2.24, 2.45) is 4.99 Å². The summed E-state index contributed by atoms with van der Waals surface area (Å²) in [6.45, 7) is 6.00. The fourth-order valence-corrected chi connectivity index (χ4v) is 3.60. The average Bonchev–Trinajstić information content (AvgIpc) is 3.30. The van der Waals surface area contributed by atoms with Crippen LogP contribution in [0.5, 0.6) is 0 Å². The lowest BCUT2D eigenvalue weighted by molar-refractivity contribution is -0.124. The van der Waals surface area contributed by atoms with Crippen LogP contribution >= 0.6 is 24.0 Å². The summed E-state index contributed by atoms with van der Waals surface area (Å²) in [6, 6.07) is 7.75. The maximum Gasteiger partial charge on any atom is 0.409 e. The molecule has 3 rings (SSSR count). The smallest absolute Gasteiger partial charge is 0.409 e. The summed E-state index contributed by atoms with van der Waals surface area (Å²) in [4.78, 5) is 32.3. The van der Waals surface area contributed by atoms with Crippen LogP contribution in [0.15, 0.2) is 29.3 Å². The van der Waals surface area contributed by atoms with Crippen molar-refractivity contribution in [1.82, 2.24) is 15.1 Å². The zero-order chi connectivity index (χ0) is 21.3. The molecule has 1 unspecified atom stereocenters. The highest BCUT2D eigenvalue weighted by Gasteiger charge is 2.24. The van der Waals surface area contributed by atoms with Crippen molar-refractivity contribution in [2.75, 3.05) is 51.8 Å². The zero-order valence-electron chi connectivity index (χ0n) is 18.1. The van der Waals surface area contributed by atoms with E-state index in [9.17, 15) is 9.59 Å². The van der Waals surface area contributed by atoms with E-state index in [1.165, 1.54) is 0 Å². The van der Waals surface area contributed by atoms with E-state index in [-0.39, 0.29) is 42.1 Å². The minimum absolute atomic E-state index is 0. The number of carbonyl (C=O) groups excluding carboxylic acids is 2. The van der Waals surface area contributed by atoms with Gasteiger partial charge in [0.15, 0.2) is 5.96 Å². The molecule has 1 atom stereocenters. The fraction of sp³-hybridized carbons (Fsp3) is 0.571. The molecule has 0 bridgehead atoms. The lowest BCUT2D eigenvalue weighted by Crippen LogP contribution is -2.53. The predicted molar refractivity (Wildman–Crippen MR) is 130 cm³/mol. The number of rotatable bonds is 5. The molecular formula is C21H32IN5O4. The normalized spacial score (nSPS) is 18.9. The molecule has 31 heavy (non-hydrogen) atoms. The number of nitrogens with zero attached hydrogens (tertiary/aromatic N) is 3. The van der Waals surface area contributed by atoms with Gasteiger partial charge in [-0.1, -0.05) is 12.1 Å². The lowest BCUT2D eigenvalue weighted by atomic mass is 10.2. The molecule has 9 nitrogen and oxygen atoms in total. The van der Waals surface area contributed by atoms with Gasteiger partial charge >= 0.3 is 6.09 Å². The molecule has 0 saturated carbocycles. The van der Waals surface area contributed by atoms with Gasteiger partial charge < -0.3 is 29.9 Å². The molecule has 1 aromatic carbocycles. The number of benzene rings is 1. The van der Waals surface area contributed by atoms with Crippen LogP contribution in [0, 0.1) is 0 Å². The largest absolute Gasteiger partial charge is 0.450 e. The lowest BCUT2D eigenvalue weighted by Gasteiger charge is -2.35. The summed E-state index contributed by atoms with van der Waals surface area (Å²) in [5.41, 5.74) is 1.79. The summed E-state index contributed by atoms with van der Waals surface area (Å²) in [5, 5.41) is 6.30. The Kier molecular flexibility index (Phi) is 10.3. The van der Waals surface area contributed by atoms with Gasteiger partial charge in [0, 0.05) is 52.1 Å². The number of halogens is 1. The third-order valence-electron chi connectivity index (χ3n) is 5.18. The van der Waals surface area contributed by atoms with Crippen molar-refractivity contribution in [3.05, 3.63) is 29.8 Å². The second-order valence-electron chi connectivity index (χ2n) is 7.27. The maximum absolute atomic E-state index is 12.2. The summed E-state index contributed by atoms with van der Waals surface area (Å²) >= 11 is 0. The molecule has 2 heterocycles. The second-order valence-corrected chi connectivity index (χ2v) is 7.27. The summed E-state index contributed by atoms with van der Waals surface area (Å²) in [6.07, 6.45) is 1.09. The van der Waals surface area contributed by atoms with Crippen LogP contribution in [0.2, 0.25) is 0 Å². The molecule has 2 fully saturated rings. The van der Waals surface area contributed by atoms with E-state index in [1.54, 1.807) is 11.9 Å². The van der Waals surface area contributed by atoms with Crippen molar-refractivity contribution in [1.29, 1.82) is 0 Å². The van der Waals surface area contributed by atoms with E-state index in [4.69, 9.17) is 9.47 Å². The molecule has 172 valence electrons. The van der Waals surface area contributed by atoms with Crippen molar-refractivity contribution >= 4 is 47.6 Å². The fourth-order valence-electron chi connectivity index (χ4n) is 3.60. The van der Waals surface area contributed by atoms with Crippen LogP contribution < -0.4 is 10.6 Å². The van der Waals surface area contributed by atoms with Gasteiger partial charge in [0.25, 0.3) is 5.91 Å². The quantitative estimate of drug-likeness (QED) is 0.335. The van der Waals surface area contributed by atoms with Gasteiger partial charge in [-0.3, -0.25) is 9.79 Å². The minimum Gasteiger partial charge on any atom is -0.450 e. The number of carbonyl (C=O) groups is 2. The number of hydrogen-bond acceptors (Lipinski definition) is 5. The highest BCUT2D eigenvalue weighted by atomic mass is 127. The van der Waals surface area contributed by atoms with Crippen LogP contribution in [-0.2, 0) is 20.8 Å². The Bertz CT molecular complexity index is 762. The van der Waals surface area contributed by atoms with E-state index in [1.807, 2.05) is 31.2 Å². The first-order chi connectivity index (χ1) is 14.6. The summed E-state index contributed by atoms with van der Waals surface area (Å²) < 4.78 is 10.5. The molecular weight excluding hydrogens is 513 g/mol. The van der Waals surface area contributed by atoms with Crippen LogP contribution in [0.25, 0.3) is 0 Å². The highest BCUT2D eigenvalue weighted by molar-refractivity contribution is 14.0. The zero-order valence-corrected chi connectivity index (χ0v) is 20.5. The van der Waals surface area contributed by atoms with Gasteiger partial charge in [0.2, 0.25) is 0 Å². The molecule has 2 aliphatic rings. The Morgan fingerprint density at radius 3 is 2.61 bits per heavy atom. The number of anilines is 1. The molecule has 2 N–H and O–H groups in total. The van der Waals surface area contributed by atoms with Crippen LogP contribution in [0.3, 0.4) is 0 Å². The van der Waals surface area contributed by atoms with E-state index in [2.05, 4.69) is 20.5 Å². The Hall–Kier alpha value is -2.08. The first kappa shape index (κ1) is 25.2. The monoisotopic (exact) mass is 545 g/mol. The highest BCUT2D eigenvalue weighted by Crippen LogP contribution is 2.16. The molecule has 2 amide bonds.